The van der Waals surface area contributed by atoms with Crippen molar-refractivity contribution in [2.75, 3.05) is 0 Å². The van der Waals surface area contributed by atoms with E-state index >= 15 is 0 Å². The van der Waals surface area contributed by atoms with Gasteiger partial charge in [-0.3, -0.25) is 9.98 Å². The number of hydrogen-bond acceptors (Lipinski definition) is 2. The average molecular weight is 477 g/mol. The molecule has 0 radical (unpaired) electrons. The predicted molar refractivity (Wildman–Crippen MR) is 148 cm³/mol. The molecule has 4 bridgehead atoms. The first-order valence-corrected chi connectivity index (χ1v) is 14.9. The molecule has 8 fully saturated rings. The van der Waals surface area contributed by atoms with Gasteiger partial charge in [0, 0.05) is 16.5 Å². The van der Waals surface area contributed by atoms with Gasteiger partial charge in [0.15, 0.2) is 0 Å². The highest BCUT2D eigenvalue weighted by atomic mass is 15.0. The van der Waals surface area contributed by atoms with Crippen LogP contribution in [-0.4, -0.2) is 23.5 Å². The lowest BCUT2D eigenvalue weighted by Gasteiger charge is -2.61. The molecule has 2 aromatic rings. The molecule has 0 aromatic heterocycles. The Labute approximate surface area is 216 Å². The second kappa shape index (κ2) is 6.19. The monoisotopic (exact) mass is 476 g/mol. The van der Waals surface area contributed by atoms with E-state index in [0.29, 0.717) is 33.7 Å². The van der Waals surface area contributed by atoms with Gasteiger partial charge in [-0.05, 0) is 102 Å². The number of nitrogens with zero attached hydrogens (tertiary/aromatic N) is 2. The predicted octanol–water partition coefficient (Wildman–Crippen LogP) is 7.86. The minimum atomic E-state index is 0.480. The SMILES string of the molecule is CC1(C)[C@@H]2CC[C@]3(C[C@@H]3N=C3C(=N[C@H]4C[C@]45CC[C@@H]4C[C@H]5C4(C)C)c4cccc5cccc3c45)[C@H]1C2. The summed E-state index contributed by atoms with van der Waals surface area (Å²) < 4.78 is 0. The van der Waals surface area contributed by atoms with Crippen LogP contribution in [0.2, 0.25) is 0 Å². The molecule has 11 rings (SSSR count). The molecular formula is C34H40N2. The van der Waals surface area contributed by atoms with Crippen molar-refractivity contribution >= 4 is 22.2 Å². The zero-order chi connectivity index (χ0) is 24.2. The van der Waals surface area contributed by atoms with Crippen LogP contribution < -0.4 is 0 Å². The molecule has 0 aliphatic heterocycles. The van der Waals surface area contributed by atoms with E-state index in [-0.39, 0.29) is 0 Å². The fraction of sp³-hybridized carbons (Fsp3) is 0.647. The third kappa shape index (κ3) is 2.29. The van der Waals surface area contributed by atoms with Crippen LogP contribution >= 0.6 is 0 Å². The maximum atomic E-state index is 5.68. The van der Waals surface area contributed by atoms with Gasteiger partial charge in [-0.15, -0.1) is 0 Å². The van der Waals surface area contributed by atoms with Crippen LogP contribution in [0.25, 0.3) is 10.8 Å². The van der Waals surface area contributed by atoms with E-state index < -0.39 is 0 Å². The van der Waals surface area contributed by atoms with E-state index in [0.717, 1.165) is 23.7 Å². The molecule has 9 aliphatic rings. The van der Waals surface area contributed by atoms with E-state index in [1.54, 1.807) is 0 Å². The van der Waals surface area contributed by atoms with Crippen LogP contribution in [0, 0.1) is 45.3 Å². The molecule has 0 unspecified atom stereocenters. The first-order chi connectivity index (χ1) is 17.3. The molecule has 0 amide bonds. The van der Waals surface area contributed by atoms with Crippen LogP contribution in [-0.2, 0) is 0 Å². The topological polar surface area (TPSA) is 24.7 Å². The summed E-state index contributed by atoms with van der Waals surface area (Å²) in [4.78, 5) is 11.4. The second-order valence-corrected chi connectivity index (χ2v) is 15.3. The van der Waals surface area contributed by atoms with Crippen LogP contribution in [0.15, 0.2) is 46.4 Å². The molecule has 9 aliphatic carbocycles. The lowest BCUT2D eigenvalue weighted by molar-refractivity contribution is -0.118. The molecule has 8 atom stereocenters. The minimum Gasteiger partial charge on any atom is -0.278 e. The second-order valence-electron chi connectivity index (χ2n) is 15.3. The molecule has 2 spiro atoms. The summed E-state index contributed by atoms with van der Waals surface area (Å²) in [5.74, 6) is 3.67. The molecule has 36 heavy (non-hydrogen) atoms. The highest BCUT2D eigenvalue weighted by Crippen LogP contribution is 2.76. The average Bonchev–Trinajstić information content (AvgIpc) is 3.70. The number of aliphatic imine (C=N–C) groups is 2. The maximum Gasteiger partial charge on any atom is 0.0915 e. The van der Waals surface area contributed by atoms with Crippen molar-refractivity contribution in [1.29, 1.82) is 0 Å². The van der Waals surface area contributed by atoms with E-state index in [1.165, 1.54) is 84.7 Å². The Kier molecular flexibility index (Phi) is 3.61. The fourth-order valence-electron chi connectivity index (χ4n) is 11.0. The lowest BCUT2D eigenvalue weighted by Crippen LogP contribution is -2.54. The van der Waals surface area contributed by atoms with Crippen LogP contribution in [0.5, 0.6) is 0 Å². The van der Waals surface area contributed by atoms with Crippen LogP contribution in [0.4, 0.5) is 0 Å². The summed E-state index contributed by atoms with van der Waals surface area (Å²) in [5.41, 5.74) is 7.20. The third-order valence-electron chi connectivity index (χ3n) is 13.6. The van der Waals surface area contributed by atoms with E-state index in [2.05, 4.69) is 64.1 Å². The first kappa shape index (κ1) is 21.0. The van der Waals surface area contributed by atoms with Gasteiger partial charge in [0.25, 0.3) is 0 Å². The van der Waals surface area contributed by atoms with Crippen molar-refractivity contribution < 1.29 is 0 Å². The molecule has 0 N–H and O–H groups in total. The van der Waals surface area contributed by atoms with Gasteiger partial charge in [-0.1, -0.05) is 64.1 Å². The Bertz CT molecular complexity index is 1300. The molecule has 2 aromatic carbocycles. The van der Waals surface area contributed by atoms with Gasteiger partial charge in [0.2, 0.25) is 0 Å². The van der Waals surface area contributed by atoms with E-state index in [9.17, 15) is 0 Å². The van der Waals surface area contributed by atoms with Crippen molar-refractivity contribution in [3.05, 3.63) is 47.5 Å². The quantitative estimate of drug-likeness (QED) is 0.421. The molecule has 2 nitrogen and oxygen atoms in total. The summed E-state index contributed by atoms with van der Waals surface area (Å²) >= 11 is 0. The van der Waals surface area contributed by atoms with Crippen molar-refractivity contribution in [3.8, 4) is 0 Å². The van der Waals surface area contributed by atoms with Crippen molar-refractivity contribution in [2.45, 2.75) is 91.1 Å². The van der Waals surface area contributed by atoms with Gasteiger partial charge in [-0.2, -0.15) is 0 Å². The summed E-state index contributed by atoms with van der Waals surface area (Å²) in [6, 6.07) is 14.7. The zero-order valence-corrected chi connectivity index (χ0v) is 22.5. The Morgan fingerprint density at radius 1 is 0.667 bits per heavy atom. The van der Waals surface area contributed by atoms with Gasteiger partial charge >= 0.3 is 0 Å². The normalized spacial score (nSPS) is 47.9. The number of benzene rings is 2. The summed E-state index contributed by atoms with van der Waals surface area (Å²) in [6.45, 7) is 10.2. The molecule has 2 heteroatoms. The van der Waals surface area contributed by atoms with Gasteiger partial charge < -0.3 is 0 Å². The fourth-order valence-corrected chi connectivity index (χ4v) is 11.0. The summed E-state index contributed by atoms with van der Waals surface area (Å²) in [5, 5.41) is 2.75. The number of rotatable bonds is 2. The Balaban J connectivity index is 1.13. The Morgan fingerprint density at radius 3 is 1.56 bits per heavy atom. The van der Waals surface area contributed by atoms with Crippen molar-refractivity contribution in [2.24, 2.45) is 55.3 Å². The van der Waals surface area contributed by atoms with Gasteiger partial charge in [0.05, 0.1) is 23.5 Å². The van der Waals surface area contributed by atoms with Crippen LogP contribution in [0.3, 0.4) is 0 Å². The molecular weight excluding hydrogens is 436 g/mol. The first-order valence-electron chi connectivity index (χ1n) is 14.9. The van der Waals surface area contributed by atoms with E-state index in [1.807, 2.05) is 0 Å². The van der Waals surface area contributed by atoms with Crippen molar-refractivity contribution in [1.82, 2.24) is 0 Å². The van der Waals surface area contributed by atoms with E-state index in [4.69, 9.17) is 9.98 Å². The molecule has 8 saturated carbocycles. The van der Waals surface area contributed by atoms with Gasteiger partial charge in [0.1, 0.15) is 0 Å². The maximum absolute atomic E-state index is 5.68. The standard InChI is InChI=1S/C34H40N2/c1-31(2)20-11-13-33(24(31)15-20)17-26(33)35-29-22-9-5-7-19-8-6-10-23(28(19)22)30(29)36-27-18-34(27)14-12-21-16-25(34)32(21,3)4/h5-10,20-21,24-27H,11-18H2,1-4H3/t20-,21-,24+,25+,26+,27+,33+,34+/m1/s1. The highest BCUT2D eigenvalue weighted by Gasteiger charge is 2.71. The van der Waals surface area contributed by atoms with Gasteiger partial charge in [-0.25, -0.2) is 0 Å². The lowest BCUT2D eigenvalue weighted by atomic mass is 9.44. The Morgan fingerprint density at radius 2 is 1.14 bits per heavy atom. The zero-order valence-electron chi connectivity index (χ0n) is 22.5. The molecule has 186 valence electrons. The summed E-state index contributed by atoms with van der Waals surface area (Å²) in [6.07, 6.45) is 11.2. The smallest absolute Gasteiger partial charge is 0.0915 e. The molecule has 0 saturated heterocycles. The third-order valence-corrected chi connectivity index (χ3v) is 13.6. The number of fused-ring (bicyclic) bond motifs is 2. The summed E-state index contributed by atoms with van der Waals surface area (Å²) in [7, 11) is 0. The van der Waals surface area contributed by atoms with Crippen LogP contribution in [0.1, 0.15) is 90.2 Å². The number of hydrogen-bond donors (Lipinski definition) is 0. The highest BCUT2D eigenvalue weighted by molar-refractivity contribution is 6.61. The largest absolute Gasteiger partial charge is 0.278 e. The minimum absolute atomic E-state index is 0.480. The van der Waals surface area contributed by atoms with Crippen molar-refractivity contribution in [3.63, 3.8) is 0 Å². The Hall–Kier alpha value is -1.96. The molecule has 0 heterocycles.